The summed E-state index contributed by atoms with van der Waals surface area (Å²) < 4.78 is 10.5. The topological polar surface area (TPSA) is 63.7 Å². The lowest BCUT2D eigenvalue weighted by atomic mass is 10.1. The van der Waals surface area contributed by atoms with Crippen molar-refractivity contribution in [2.75, 3.05) is 37.5 Å². The highest BCUT2D eigenvalue weighted by Crippen LogP contribution is 2.28. The van der Waals surface area contributed by atoms with Crippen molar-refractivity contribution >= 4 is 17.4 Å². The summed E-state index contributed by atoms with van der Waals surface area (Å²) in [6.07, 6.45) is 6.49. The molecule has 0 unspecified atom stereocenters. The Kier molecular flexibility index (Phi) is 6.52. The normalized spacial score (nSPS) is 13.9. The molecule has 0 spiro atoms. The number of hydrogen-bond donors (Lipinski definition) is 1. The van der Waals surface area contributed by atoms with Crippen molar-refractivity contribution in [3.05, 3.63) is 42.1 Å². The molecule has 3 rings (SSSR count). The number of ether oxygens (including phenoxy) is 2. The number of rotatable bonds is 7. The summed E-state index contributed by atoms with van der Waals surface area (Å²) in [4.78, 5) is 19.0. The number of piperidine rings is 1. The maximum atomic E-state index is 12.2. The van der Waals surface area contributed by atoms with Crippen molar-refractivity contribution in [2.45, 2.75) is 32.1 Å². The molecule has 1 aliphatic rings. The van der Waals surface area contributed by atoms with Gasteiger partial charge in [-0.1, -0.05) is 6.07 Å². The molecule has 1 aliphatic heterocycles. The van der Waals surface area contributed by atoms with Crippen LogP contribution in [0, 0.1) is 0 Å². The highest BCUT2D eigenvalue weighted by Gasteiger charge is 2.12. The van der Waals surface area contributed by atoms with Gasteiger partial charge in [-0.05, 0) is 55.5 Å². The first kappa shape index (κ1) is 19.0. The van der Waals surface area contributed by atoms with Crippen molar-refractivity contribution in [3.63, 3.8) is 0 Å². The van der Waals surface area contributed by atoms with E-state index in [-0.39, 0.29) is 5.91 Å². The average molecular weight is 369 g/mol. The van der Waals surface area contributed by atoms with Crippen molar-refractivity contribution in [2.24, 2.45) is 0 Å². The van der Waals surface area contributed by atoms with E-state index in [2.05, 4.69) is 15.2 Å². The van der Waals surface area contributed by atoms with Gasteiger partial charge in [0.15, 0.2) is 11.5 Å². The highest BCUT2D eigenvalue weighted by atomic mass is 16.5. The van der Waals surface area contributed by atoms with E-state index >= 15 is 0 Å². The number of carbonyl (C=O) groups excluding carboxylic acids is 1. The number of aryl methyl sites for hydroxylation is 1. The van der Waals surface area contributed by atoms with Gasteiger partial charge >= 0.3 is 0 Å². The van der Waals surface area contributed by atoms with E-state index in [1.165, 1.54) is 19.3 Å². The second kappa shape index (κ2) is 9.26. The minimum atomic E-state index is -0.0303. The molecule has 0 aliphatic carbocycles. The number of benzene rings is 1. The molecule has 0 saturated carbocycles. The van der Waals surface area contributed by atoms with Crippen LogP contribution in [0.5, 0.6) is 11.5 Å². The molecule has 2 aromatic rings. The van der Waals surface area contributed by atoms with Gasteiger partial charge in [-0.15, -0.1) is 0 Å². The third-order valence-corrected chi connectivity index (χ3v) is 4.80. The number of hydrogen-bond acceptors (Lipinski definition) is 5. The number of pyridine rings is 1. The highest BCUT2D eigenvalue weighted by molar-refractivity contribution is 5.90. The lowest BCUT2D eigenvalue weighted by Gasteiger charge is -2.27. The predicted molar refractivity (Wildman–Crippen MR) is 107 cm³/mol. The van der Waals surface area contributed by atoms with Gasteiger partial charge < -0.3 is 19.7 Å². The minimum absolute atomic E-state index is 0.0303. The number of nitrogens with one attached hydrogen (secondary N) is 1. The largest absolute Gasteiger partial charge is 0.493 e. The molecule has 0 bridgehead atoms. The Hall–Kier alpha value is -2.76. The molecular weight excluding hydrogens is 342 g/mol. The smallest absolute Gasteiger partial charge is 0.224 e. The molecule has 1 saturated heterocycles. The van der Waals surface area contributed by atoms with Crippen molar-refractivity contribution in [1.29, 1.82) is 0 Å². The molecule has 144 valence electrons. The van der Waals surface area contributed by atoms with Crippen molar-refractivity contribution in [3.8, 4) is 11.5 Å². The lowest BCUT2D eigenvalue weighted by molar-refractivity contribution is -0.116. The fourth-order valence-electron chi connectivity index (χ4n) is 3.29. The standard InChI is InChI=1S/C21H27N3O3/c1-26-18-9-6-16(14-19(18)27-2)7-11-21(25)23-17-8-10-20(22-15-17)24-12-4-3-5-13-24/h6,8-10,14-15H,3-5,7,11-13H2,1-2H3,(H,23,25). The van der Waals surface area contributed by atoms with E-state index in [1.54, 1.807) is 20.4 Å². The van der Waals surface area contributed by atoms with Crippen LogP contribution in [0.15, 0.2) is 36.5 Å². The monoisotopic (exact) mass is 369 g/mol. The Bertz CT molecular complexity index is 756. The summed E-state index contributed by atoms with van der Waals surface area (Å²) in [5.41, 5.74) is 1.76. The van der Waals surface area contributed by atoms with Crippen LogP contribution in [-0.2, 0) is 11.2 Å². The van der Waals surface area contributed by atoms with Gasteiger partial charge in [0, 0.05) is 19.5 Å². The number of anilines is 2. The summed E-state index contributed by atoms with van der Waals surface area (Å²) in [6, 6.07) is 9.61. The SMILES string of the molecule is COc1ccc(CCC(=O)Nc2ccc(N3CCCCC3)nc2)cc1OC. The molecule has 1 aromatic carbocycles. The molecule has 6 heteroatoms. The number of carbonyl (C=O) groups is 1. The molecule has 1 aromatic heterocycles. The number of nitrogens with zero attached hydrogens (tertiary/aromatic N) is 2. The summed E-state index contributed by atoms with van der Waals surface area (Å²) in [7, 11) is 3.21. The molecule has 1 amide bonds. The number of amides is 1. The Morgan fingerprint density at radius 1 is 1.07 bits per heavy atom. The Balaban J connectivity index is 1.51. The van der Waals surface area contributed by atoms with Crippen LogP contribution in [0.1, 0.15) is 31.2 Å². The number of methoxy groups -OCH3 is 2. The molecule has 0 radical (unpaired) electrons. The fraction of sp³-hybridized carbons (Fsp3) is 0.429. The van der Waals surface area contributed by atoms with Crippen LogP contribution in [0.25, 0.3) is 0 Å². The van der Waals surface area contributed by atoms with Gasteiger partial charge in [0.1, 0.15) is 5.82 Å². The van der Waals surface area contributed by atoms with Crippen molar-refractivity contribution < 1.29 is 14.3 Å². The maximum Gasteiger partial charge on any atom is 0.224 e. The van der Waals surface area contributed by atoms with E-state index in [0.717, 1.165) is 30.2 Å². The molecule has 0 atom stereocenters. The summed E-state index contributed by atoms with van der Waals surface area (Å²) >= 11 is 0. The van der Waals surface area contributed by atoms with Gasteiger partial charge in [0.25, 0.3) is 0 Å². The van der Waals surface area contributed by atoms with Gasteiger partial charge in [0.05, 0.1) is 26.1 Å². The van der Waals surface area contributed by atoms with E-state index in [0.29, 0.717) is 24.3 Å². The quantitative estimate of drug-likeness (QED) is 0.807. The molecule has 6 nitrogen and oxygen atoms in total. The minimum Gasteiger partial charge on any atom is -0.493 e. The molecule has 2 heterocycles. The van der Waals surface area contributed by atoms with Gasteiger partial charge in [-0.2, -0.15) is 0 Å². The zero-order chi connectivity index (χ0) is 19.1. The van der Waals surface area contributed by atoms with E-state index in [9.17, 15) is 4.79 Å². The first-order valence-electron chi connectivity index (χ1n) is 9.41. The van der Waals surface area contributed by atoms with Crippen LogP contribution >= 0.6 is 0 Å². The first-order valence-corrected chi connectivity index (χ1v) is 9.41. The second-order valence-corrected chi connectivity index (χ2v) is 6.69. The van der Waals surface area contributed by atoms with Gasteiger partial charge in [-0.3, -0.25) is 4.79 Å². The van der Waals surface area contributed by atoms with E-state index in [1.807, 2.05) is 30.3 Å². The predicted octanol–water partition coefficient (Wildman–Crippen LogP) is 3.66. The number of aromatic nitrogens is 1. The summed E-state index contributed by atoms with van der Waals surface area (Å²) in [5.74, 6) is 2.31. The van der Waals surface area contributed by atoms with Crippen LogP contribution < -0.4 is 19.7 Å². The van der Waals surface area contributed by atoms with Crippen LogP contribution in [0.3, 0.4) is 0 Å². The average Bonchev–Trinajstić information content (AvgIpc) is 2.73. The fourth-order valence-corrected chi connectivity index (χ4v) is 3.29. The first-order chi connectivity index (χ1) is 13.2. The molecule has 1 N–H and O–H groups in total. The second-order valence-electron chi connectivity index (χ2n) is 6.69. The Morgan fingerprint density at radius 2 is 1.85 bits per heavy atom. The summed E-state index contributed by atoms with van der Waals surface area (Å²) in [6.45, 7) is 2.12. The Morgan fingerprint density at radius 3 is 2.52 bits per heavy atom. The van der Waals surface area contributed by atoms with Gasteiger partial charge in [-0.25, -0.2) is 4.98 Å². The third kappa shape index (κ3) is 5.12. The van der Waals surface area contributed by atoms with Crippen LogP contribution in [0.4, 0.5) is 11.5 Å². The summed E-state index contributed by atoms with van der Waals surface area (Å²) in [5, 5.41) is 2.92. The van der Waals surface area contributed by atoms with Crippen molar-refractivity contribution in [1.82, 2.24) is 4.98 Å². The molecule has 27 heavy (non-hydrogen) atoms. The third-order valence-electron chi connectivity index (χ3n) is 4.80. The molecule has 1 fully saturated rings. The Labute approximate surface area is 160 Å². The molecular formula is C21H27N3O3. The lowest BCUT2D eigenvalue weighted by Crippen LogP contribution is -2.30. The van der Waals surface area contributed by atoms with E-state index < -0.39 is 0 Å². The maximum absolute atomic E-state index is 12.2. The van der Waals surface area contributed by atoms with Crippen LogP contribution in [-0.4, -0.2) is 38.2 Å². The van der Waals surface area contributed by atoms with Gasteiger partial charge in [0.2, 0.25) is 5.91 Å². The van der Waals surface area contributed by atoms with E-state index in [4.69, 9.17) is 9.47 Å². The van der Waals surface area contributed by atoms with Crippen LogP contribution in [0.2, 0.25) is 0 Å². The zero-order valence-corrected chi connectivity index (χ0v) is 16.0. The zero-order valence-electron chi connectivity index (χ0n) is 16.0.